The molecule has 3 N–H and O–H groups in total. The first-order valence-corrected chi connectivity index (χ1v) is 5.02. The third kappa shape index (κ3) is 2.76. The van der Waals surface area contributed by atoms with Crippen LogP contribution in [0.1, 0.15) is 6.92 Å². The predicted molar refractivity (Wildman–Crippen MR) is 55.2 cm³/mol. The highest BCUT2D eigenvalue weighted by Gasteiger charge is 2.20. The van der Waals surface area contributed by atoms with Crippen molar-refractivity contribution < 1.29 is 9.53 Å². The van der Waals surface area contributed by atoms with Gasteiger partial charge in [-0.2, -0.15) is 0 Å². The Kier molecular flexibility index (Phi) is 3.99. The minimum atomic E-state index is -0.677. The first-order valence-electron chi connectivity index (χ1n) is 4.14. The molecule has 2 unspecified atom stereocenters. The van der Waals surface area contributed by atoms with Crippen LogP contribution in [-0.4, -0.2) is 30.1 Å². The van der Waals surface area contributed by atoms with E-state index >= 15 is 0 Å². The molecule has 0 fully saturated rings. The average Bonchev–Trinajstić information content (AvgIpc) is 2.68. The van der Waals surface area contributed by atoms with Crippen LogP contribution in [0.25, 0.3) is 0 Å². The number of carbonyl (C=O) groups excluding carboxylic acids is 1. The minimum Gasteiger partial charge on any atom is -0.380 e. The fourth-order valence-corrected chi connectivity index (χ4v) is 1.37. The summed E-state index contributed by atoms with van der Waals surface area (Å²) in [4.78, 5) is 15.4. The van der Waals surface area contributed by atoms with Crippen LogP contribution in [0.15, 0.2) is 11.6 Å². The van der Waals surface area contributed by atoms with Gasteiger partial charge in [-0.3, -0.25) is 4.79 Å². The number of ether oxygens (including phenoxy) is 1. The quantitative estimate of drug-likeness (QED) is 0.764. The van der Waals surface area contributed by atoms with E-state index in [0.29, 0.717) is 5.13 Å². The summed E-state index contributed by atoms with van der Waals surface area (Å²) in [6, 6.07) is -0.677. The number of nitrogens with two attached hydrogens (primary N) is 1. The van der Waals surface area contributed by atoms with Gasteiger partial charge in [-0.25, -0.2) is 4.98 Å². The lowest BCUT2D eigenvalue weighted by atomic mass is 10.2. The van der Waals surface area contributed by atoms with Crippen molar-refractivity contribution in [1.29, 1.82) is 0 Å². The molecule has 1 rings (SSSR count). The summed E-state index contributed by atoms with van der Waals surface area (Å²) in [6.45, 7) is 1.74. The summed E-state index contributed by atoms with van der Waals surface area (Å²) >= 11 is 1.35. The third-order valence-corrected chi connectivity index (χ3v) is 2.53. The van der Waals surface area contributed by atoms with E-state index in [0.717, 1.165) is 0 Å². The van der Waals surface area contributed by atoms with E-state index in [1.165, 1.54) is 18.4 Å². The molecule has 0 aliphatic carbocycles. The van der Waals surface area contributed by atoms with Gasteiger partial charge in [-0.05, 0) is 6.92 Å². The highest BCUT2D eigenvalue weighted by atomic mass is 32.1. The minimum absolute atomic E-state index is 0.283. The number of methoxy groups -OCH3 is 1. The molecular formula is C8H13N3O2S. The highest BCUT2D eigenvalue weighted by Crippen LogP contribution is 2.10. The van der Waals surface area contributed by atoms with Gasteiger partial charge in [-0.1, -0.05) is 0 Å². The van der Waals surface area contributed by atoms with Crippen LogP contribution in [-0.2, 0) is 9.53 Å². The second kappa shape index (κ2) is 5.04. The normalized spacial score (nSPS) is 14.8. The van der Waals surface area contributed by atoms with Crippen molar-refractivity contribution in [2.75, 3.05) is 12.4 Å². The zero-order valence-corrected chi connectivity index (χ0v) is 8.88. The molecule has 5 nitrogen and oxygen atoms in total. The summed E-state index contributed by atoms with van der Waals surface area (Å²) in [6.07, 6.45) is 1.31. The van der Waals surface area contributed by atoms with Gasteiger partial charge in [0, 0.05) is 18.7 Å². The number of rotatable bonds is 4. The maximum Gasteiger partial charge on any atom is 0.245 e. The molecule has 2 atom stereocenters. The Bertz CT molecular complexity index is 289. The number of hydrogen-bond donors (Lipinski definition) is 2. The zero-order valence-electron chi connectivity index (χ0n) is 8.06. The van der Waals surface area contributed by atoms with E-state index in [-0.39, 0.29) is 12.0 Å². The van der Waals surface area contributed by atoms with E-state index in [1.807, 2.05) is 0 Å². The van der Waals surface area contributed by atoms with Crippen molar-refractivity contribution in [2.45, 2.75) is 19.1 Å². The number of carbonyl (C=O) groups is 1. The lowest BCUT2D eigenvalue weighted by molar-refractivity contribution is -0.119. The van der Waals surface area contributed by atoms with Crippen LogP contribution >= 0.6 is 11.3 Å². The van der Waals surface area contributed by atoms with Crippen LogP contribution < -0.4 is 11.1 Å². The van der Waals surface area contributed by atoms with Crippen molar-refractivity contribution in [3.8, 4) is 0 Å². The molecule has 0 radical (unpaired) electrons. The molecule has 0 aliphatic heterocycles. The maximum absolute atomic E-state index is 11.5. The Morgan fingerprint density at radius 1 is 1.79 bits per heavy atom. The number of aromatic nitrogens is 1. The molecule has 1 heterocycles. The van der Waals surface area contributed by atoms with Gasteiger partial charge < -0.3 is 15.8 Å². The fourth-order valence-electron chi connectivity index (χ4n) is 0.834. The van der Waals surface area contributed by atoms with E-state index in [2.05, 4.69) is 10.3 Å². The van der Waals surface area contributed by atoms with Crippen molar-refractivity contribution in [1.82, 2.24) is 4.98 Å². The third-order valence-electron chi connectivity index (χ3n) is 1.84. The number of nitrogens with one attached hydrogen (secondary N) is 1. The van der Waals surface area contributed by atoms with Crippen molar-refractivity contribution >= 4 is 22.4 Å². The lowest BCUT2D eigenvalue weighted by Crippen LogP contribution is -2.44. The Morgan fingerprint density at radius 3 is 3.00 bits per heavy atom. The summed E-state index contributed by atoms with van der Waals surface area (Å²) in [5.41, 5.74) is 5.63. The molecule has 1 aromatic rings. The number of amides is 1. The topological polar surface area (TPSA) is 77.2 Å². The van der Waals surface area contributed by atoms with Gasteiger partial charge in [0.1, 0.15) is 6.04 Å². The first kappa shape index (κ1) is 11.1. The largest absolute Gasteiger partial charge is 0.380 e. The summed E-state index contributed by atoms with van der Waals surface area (Å²) in [7, 11) is 1.52. The van der Waals surface area contributed by atoms with Crippen LogP contribution in [0.4, 0.5) is 5.13 Å². The average molecular weight is 215 g/mol. The lowest BCUT2D eigenvalue weighted by Gasteiger charge is -2.16. The number of hydrogen-bond acceptors (Lipinski definition) is 5. The van der Waals surface area contributed by atoms with Crippen LogP contribution in [0.3, 0.4) is 0 Å². The molecule has 0 saturated heterocycles. The smallest absolute Gasteiger partial charge is 0.245 e. The van der Waals surface area contributed by atoms with Crippen molar-refractivity contribution in [3.05, 3.63) is 11.6 Å². The highest BCUT2D eigenvalue weighted by molar-refractivity contribution is 7.13. The Morgan fingerprint density at radius 2 is 2.50 bits per heavy atom. The zero-order chi connectivity index (χ0) is 10.6. The first-order chi connectivity index (χ1) is 6.65. The van der Waals surface area contributed by atoms with Crippen LogP contribution in [0.2, 0.25) is 0 Å². The van der Waals surface area contributed by atoms with Crippen molar-refractivity contribution in [3.63, 3.8) is 0 Å². The summed E-state index contributed by atoms with van der Waals surface area (Å²) in [5, 5.41) is 4.93. The molecule has 14 heavy (non-hydrogen) atoms. The van der Waals surface area contributed by atoms with Gasteiger partial charge in [0.15, 0.2) is 5.13 Å². The molecular weight excluding hydrogens is 202 g/mol. The van der Waals surface area contributed by atoms with Crippen LogP contribution in [0.5, 0.6) is 0 Å². The molecule has 0 aliphatic rings. The summed E-state index contributed by atoms with van der Waals surface area (Å²) < 4.78 is 4.95. The van der Waals surface area contributed by atoms with Gasteiger partial charge in [-0.15, -0.1) is 11.3 Å². The Labute approximate surface area is 86.3 Å². The number of nitrogens with zero attached hydrogens (tertiary/aromatic N) is 1. The molecule has 0 bridgehead atoms. The van der Waals surface area contributed by atoms with Crippen molar-refractivity contribution in [2.24, 2.45) is 5.73 Å². The second-order valence-corrected chi connectivity index (χ2v) is 3.69. The molecule has 1 amide bonds. The predicted octanol–water partition coefficient (Wildman–Crippen LogP) is 0.444. The van der Waals surface area contributed by atoms with Gasteiger partial charge >= 0.3 is 0 Å². The fraction of sp³-hybridized carbons (Fsp3) is 0.500. The van der Waals surface area contributed by atoms with Crippen LogP contribution in [0, 0.1) is 0 Å². The second-order valence-electron chi connectivity index (χ2n) is 2.79. The molecule has 6 heteroatoms. The SMILES string of the molecule is COC(C)C(N)C(=O)Nc1nccs1. The molecule has 1 aromatic heterocycles. The van der Waals surface area contributed by atoms with E-state index in [4.69, 9.17) is 10.5 Å². The molecule has 78 valence electrons. The van der Waals surface area contributed by atoms with E-state index in [1.54, 1.807) is 18.5 Å². The van der Waals surface area contributed by atoms with E-state index < -0.39 is 6.04 Å². The Hall–Kier alpha value is -0.980. The van der Waals surface area contributed by atoms with E-state index in [9.17, 15) is 4.79 Å². The molecule has 0 aromatic carbocycles. The monoisotopic (exact) mass is 215 g/mol. The number of thiazole rings is 1. The summed E-state index contributed by atoms with van der Waals surface area (Å²) in [5.74, 6) is -0.283. The van der Waals surface area contributed by atoms with Gasteiger partial charge in [0.05, 0.1) is 6.10 Å². The maximum atomic E-state index is 11.5. The standard InChI is InChI=1S/C8H13N3O2S/c1-5(13-2)6(9)7(12)11-8-10-3-4-14-8/h3-6H,9H2,1-2H3,(H,10,11,12). The molecule has 0 saturated carbocycles. The van der Waals surface area contributed by atoms with Gasteiger partial charge in [0.25, 0.3) is 0 Å². The Balaban J connectivity index is 2.50. The molecule has 0 spiro atoms. The van der Waals surface area contributed by atoms with Gasteiger partial charge in [0.2, 0.25) is 5.91 Å². The number of anilines is 1.